The number of benzene rings is 1. The van der Waals surface area contributed by atoms with E-state index in [2.05, 4.69) is 10.2 Å². The summed E-state index contributed by atoms with van der Waals surface area (Å²) in [5.74, 6) is 2.44. The number of Topliss-reactive ketones (excluding diaryl/α,β-unsaturated/α-hetero) is 1. The molecule has 0 saturated heterocycles. The molecule has 5 nitrogen and oxygen atoms in total. The van der Waals surface area contributed by atoms with Crippen LogP contribution in [-0.2, 0) is 17.6 Å². The van der Waals surface area contributed by atoms with E-state index in [0.717, 1.165) is 72.5 Å². The molecule has 2 aliphatic rings. The van der Waals surface area contributed by atoms with Crippen molar-refractivity contribution in [1.29, 1.82) is 0 Å². The van der Waals surface area contributed by atoms with Gasteiger partial charge in [0.1, 0.15) is 11.5 Å². The second kappa shape index (κ2) is 11.2. The molecule has 34 heavy (non-hydrogen) atoms. The highest BCUT2D eigenvalue weighted by Gasteiger charge is 2.25. The van der Waals surface area contributed by atoms with Crippen molar-refractivity contribution in [3.8, 4) is 5.75 Å². The Labute approximate surface area is 202 Å². The molecule has 0 amide bonds. The van der Waals surface area contributed by atoms with Crippen molar-refractivity contribution in [2.24, 2.45) is 11.8 Å². The molecule has 2 aromatic heterocycles. The summed E-state index contributed by atoms with van der Waals surface area (Å²) in [5.41, 5.74) is 3.22. The van der Waals surface area contributed by atoms with E-state index in [1.54, 1.807) is 0 Å². The number of ketones is 1. The molecule has 0 radical (unpaired) electrons. The molecular weight excluding hydrogens is 422 g/mol. The SMILES string of the molecule is O=C(CCc1[nH]nc2ccnc(CC3CCCCC3)c12)CC1CCCC(Oc2ccccc2)C1. The first-order valence-corrected chi connectivity index (χ1v) is 13.3. The van der Waals surface area contributed by atoms with Crippen LogP contribution in [-0.4, -0.2) is 27.1 Å². The molecule has 5 heteroatoms. The van der Waals surface area contributed by atoms with E-state index in [0.29, 0.717) is 24.5 Å². The van der Waals surface area contributed by atoms with Crippen LogP contribution in [0.1, 0.15) is 82.0 Å². The van der Waals surface area contributed by atoms with E-state index in [1.807, 2.05) is 42.6 Å². The van der Waals surface area contributed by atoms with Crippen LogP contribution in [0.5, 0.6) is 5.75 Å². The first-order valence-electron chi connectivity index (χ1n) is 13.3. The fourth-order valence-corrected chi connectivity index (χ4v) is 6.01. The molecule has 5 rings (SSSR count). The molecule has 2 unspecified atom stereocenters. The summed E-state index contributed by atoms with van der Waals surface area (Å²) in [6.07, 6.45) is 16.1. The Morgan fingerprint density at radius 2 is 1.79 bits per heavy atom. The second-order valence-corrected chi connectivity index (χ2v) is 10.4. The van der Waals surface area contributed by atoms with Crippen molar-refractivity contribution < 1.29 is 9.53 Å². The Balaban J connectivity index is 1.16. The molecular formula is C29H37N3O2. The van der Waals surface area contributed by atoms with Gasteiger partial charge in [0, 0.05) is 30.1 Å². The van der Waals surface area contributed by atoms with E-state index < -0.39 is 0 Å². The van der Waals surface area contributed by atoms with Gasteiger partial charge >= 0.3 is 0 Å². The summed E-state index contributed by atoms with van der Waals surface area (Å²) in [6, 6.07) is 12.0. The molecule has 1 aromatic carbocycles. The fourth-order valence-electron chi connectivity index (χ4n) is 6.01. The summed E-state index contributed by atoms with van der Waals surface area (Å²) in [4.78, 5) is 17.7. The molecule has 180 valence electrons. The van der Waals surface area contributed by atoms with E-state index in [-0.39, 0.29) is 6.10 Å². The number of rotatable bonds is 9. The van der Waals surface area contributed by atoms with Gasteiger partial charge in [-0.05, 0) is 68.6 Å². The van der Waals surface area contributed by atoms with Crippen molar-refractivity contribution >= 4 is 16.7 Å². The Hall–Kier alpha value is -2.69. The highest BCUT2D eigenvalue weighted by atomic mass is 16.5. The quantitative estimate of drug-likeness (QED) is 0.391. The molecule has 3 aromatic rings. The van der Waals surface area contributed by atoms with E-state index in [1.165, 1.54) is 32.1 Å². The van der Waals surface area contributed by atoms with Crippen molar-refractivity contribution in [3.05, 3.63) is 54.0 Å². The Bertz CT molecular complexity index is 1070. The van der Waals surface area contributed by atoms with Gasteiger partial charge in [0.05, 0.1) is 17.3 Å². The maximum atomic E-state index is 12.9. The number of aromatic nitrogens is 3. The molecule has 2 saturated carbocycles. The summed E-state index contributed by atoms with van der Waals surface area (Å²) in [7, 11) is 0. The van der Waals surface area contributed by atoms with Gasteiger partial charge in [-0.2, -0.15) is 5.10 Å². The minimum atomic E-state index is 0.221. The number of pyridine rings is 1. The third kappa shape index (κ3) is 5.86. The maximum Gasteiger partial charge on any atom is 0.133 e. The van der Waals surface area contributed by atoms with Gasteiger partial charge in [-0.15, -0.1) is 0 Å². The number of hydrogen-bond acceptors (Lipinski definition) is 4. The Kier molecular flexibility index (Phi) is 7.57. The van der Waals surface area contributed by atoms with Crippen LogP contribution >= 0.6 is 0 Å². The molecule has 0 spiro atoms. The summed E-state index contributed by atoms with van der Waals surface area (Å²) < 4.78 is 6.18. The average molecular weight is 460 g/mol. The topological polar surface area (TPSA) is 67.9 Å². The van der Waals surface area contributed by atoms with E-state index in [9.17, 15) is 4.79 Å². The number of ether oxygens (including phenoxy) is 1. The smallest absolute Gasteiger partial charge is 0.133 e. The standard InChI is InChI=1S/C29H37N3O2/c33-23(18-22-10-7-13-25(19-22)34-24-11-5-2-6-12-24)14-15-26-29-27(32-31-26)16-17-30-28(29)20-21-8-3-1-4-9-21/h2,5-6,11-12,16-17,21-22,25H,1,3-4,7-10,13-15,18-20H2,(H,31,32). The highest BCUT2D eigenvalue weighted by molar-refractivity contribution is 5.85. The van der Waals surface area contributed by atoms with Crippen LogP contribution in [0, 0.1) is 11.8 Å². The van der Waals surface area contributed by atoms with E-state index >= 15 is 0 Å². The molecule has 2 aliphatic carbocycles. The Morgan fingerprint density at radius 1 is 0.971 bits per heavy atom. The number of fused-ring (bicyclic) bond motifs is 1. The molecule has 2 atom stereocenters. The summed E-state index contributed by atoms with van der Waals surface area (Å²) >= 11 is 0. The average Bonchev–Trinajstić information content (AvgIpc) is 3.28. The lowest BCUT2D eigenvalue weighted by Gasteiger charge is -2.29. The van der Waals surface area contributed by atoms with Crippen molar-refractivity contribution in [3.63, 3.8) is 0 Å². The number of nitrogens with one attached hydrogen (secondary N) is 1. The zero-order valence-electron chi connectivity index (χ0n) is 20.2. The second-order valence-electron chi connectivity index (χ2n) is 10.4. The van der Waals surface area contributed by atoms with E-state index in [4.69, 9.17) is 9.72 Å². The number of carbonyl (C=O) groups is 1. The number of hydrogen-bond donors (Lipinski definition) is 1. The zero-order chi connectivity index (χ0) is 23.2. The molecule has 0 bridgehead atoms. The molecule has 2 fully saturated rings. The normalized spacial score (nSPS) is 21.5. The van der Waals surface area contributed by atoms with Gasteiger partial charge in [-0.25, -0.2) is 0 Å². The molecule has 1 N–H and O–H groups in total. The highest BCUT2D eigenvalue weighted by Crippen LogP contribution is 2.32. The van der Waals surface area contributed by atoms with Crippen LogP contribution in [0.2, 0.25) is 0 Å². The summed E-state index contributed by atoms with van der Waals surface area (Å²) in [5, 5.41) is 8.91. The number of nitrogens with zero attached hydrogens (tertiary/aromatic N) is 2. The maximum absolute atomic E-state index is 12.9. The number of carbonyl (C=O) groups excluding carboxylic acids is 1. The number of aromatic amines is 1. The number of H-pyrrole nitrogens is 1. The third-order valence-electron chi connectivity index (χ3n) is 7.78. The number of para-hydroxylation sites is 1. The lowest BCUT2D eigenvalue weighted by molar-refractivity contribution is -0.120. The summed E-state index contributed by atoms with van der Waals surface area (Å²) in [6.45, 7) is 0. The van der Waals surface area contributed by atoms with Crippen LogP contribution in [0.25, 0.3) is 10.9 Å². The van der Waals surface area contributed by atoms with Crippen molar-refractivity contribution in [2.75, 3.05) is 0 Å². The van der Waals surface area contributed by atoms with Crippen LogP contribution in [0.15, 0.2) is 42.6 Å². The largest absolute Gasteiger partial charge is 0.490 e. The van der Waals surface area contributed by atoms with Gasteiger partial charge in [0.15, 0.2) is 0 Å². The van der Waals surface area contributed by atoms with Crippen LogP contribution < -0.4 is 4.74 Å². The number of aryl methyl sites for hydroxylation is 1. The van der Waals surface area contributed by atoms with Gasteiger partial charge in [-0.3, -0.25) is 14.9 Å². The van der Waals surface area contributed by atoms with Gasteiger partial charge < -0.3 is 4.74 Å². The van der Waals surface area contributed by atoms with Gasteiger partial charge in [0.2, 0.25) is 0 Å². The third-order valence-corrected chi connectivity index (χ3v) is 7.78. The fraction of sp³-hybridized carbons (Fsp3) is 0.552. The van der Waals surface area contributed by atoms with Gasteiger partial charge in [-0.1, -0.05) is 50.3 Å². The van der Waals surface area contributed by atoms with Crippen LogP contribution in [0.3, 0.4) is 0 Å². The van der Waals surface area contributed by atoms with Crippen LogP contribution in [0.4, 0.5) is 0 Å². The monoisotopic (exact) mass is 459 g/mol. The lowest BCUT2D eigenvalue weighted by atomic mass is 9.83. The predicted molar refractivity (Wildman–Crippen MR) is 135 cm³/mol. The lowest BCUT2D eigenvalue weighted by Crippen LogP contribution is -2.26. The minimum Gasteiger partial charge on any atom is -0.490 e. The predicted octanol–water partition coefficient (Wildman–Crippen LogP) is 6.61. The minimum absolute atomic E-state index is 0.221. The van der Waals surface area contributed by atoms with Gasteiger partial charge in [0.25, 0.3) is 0 Å². The molecule has 0 aliphatic heterocycles. The first kappa shape index (κ1) is 23.1. The molecule has 2 heterocycles. The van der Waals surface area contributed by atoms with Crippen molar-refractivity contribution in [2.45, 2.75) is 89.6 Å². The Morgan fingerprint density at radius 3 is 2.65 bits per heavy atom. The first-order chi connectivity index (χ1) is 16.7. The van der Waals surface area contributed by atoms with Crippen molar-refractivity contribution in [1.82, 2.24) is 15.2 Å². The zero-order valence-corrected chi connectivity index (χ0v) is 20.2.